The molecule has 1 aromatic carbocycles. The van der Waals surface area contributed by atoms with Gasteiger partial charge in [0.2, 0.25) is 15.0 Å². The maximum Gasteiger partial charge on any atom is 0.228 e. The molecule has 18 heavy (non-hydrogen) atoms. The summed E-state index contributed by atoms with van der Waals surface area (Å²) in [5.74, 6) is 0.0206. The zero-order valence-corrected chi connectivity index (χ0v) is 11.1. The van der Waals surface area contributed by atoms with Crippen LogP contribution in [0.25, 0.3) is 11.0 Å². The number of benzene rings is 1. The number of carbonyl (C=O) groups excluding carboxylic acids is 1. The molecule has 2 rings (SSSR count). The number of para-hydroxylation sites is 2. The van der Waals surface area contributed by atoms with Crippen LogP contribution in [-0.4, -0.2) is 30.0 Å². The van der Waals surface area contributed by atoms with Gasteiger partial charge in [-0.25, -0.2) is 13.4 Å². The van der Waals surface area contributed by atoms with Crippen molar-refractivity contribution in [3.63, 3.8) is 0 Å². The molecule has 5 nitrogen and oxygen atoms in total. The Balaban J connectivity index is 2.62. The number of hydrogen-bond acceptors (Lipinski definition) is 4. The Bertz CT molecular complexity index is 701. The van der Waals surface area contributed by atoms with Crippen molar-refractivity contribution in [2.24, 2.45) is 0 Å². The number of nitrogens with zero attached hydrogens (tertiary/aromatic N) is 2. The van der Waals surface area contributed by atoms with E-state index in [-0.39, 0.29) is 10.9 Å². The van der Waals surface area contributed by atoms with Crippen molar-refractivity contribution < 1.29 is 13.2 Å². The fraction of sp³-hybridized carbons (Fsp3) is 0.333. The third kappa shape index (κ3) is 2.43. The quantitative estimate of drug-likeness (QED) is 0.839. The van der Waals surface area contributed by atoms with Crippen molar-refractivity contribution in [2.75, 3.05) is 6.26 Å². The lowest BCUT2D eigenvalue weighted by atomic mass is 10.3. The smallest absolute Gasteiger partial charge is 0.228 e. The Hall–Kier alpha value is -1.69. The minimum Gasteiger partial charge on any atom is -0.314 e. The highest BCUT2D eigenvalue weighted by atomic mass is 32.2. The number of imidazole rings is 1. The monoisotopic (exact) mass is 266 g/mol. The number of aryl methyl sites for hydroxylation is 1. The van der Waals surface area contributed by atoms with E-state index in [9.17, 15) is 13.2 Å². The van der Waals surface area contributed by atoms with E-state index in [1.54, 1.807) is 22.8 Å². The molecule has 96 valence electrons. The summed E-state index contributed by atoms with van der Waals surface area (Å²) in [7, 11) is -3.40. The molecule has 0 unspecified atom stereocenters. The Kier molecular flexibility index (Phi) is 3.21. The molecule has 0 saturated carbocycles. The largest absolute Gasteiger partial charge is 0.314 e. The molecule has 0 aliphatic heterocycles. The summed E-state index contributed by atoms with van der Waals surface area (Å²) in [6, 6.07) is 7.18. The number of rotatable bonds is 4. The highest BCUT2D eigenvalue weighted by Gasteiger charge is 2.19. The second-order valence-corrected chi connectivity index (χ2v) is 6.17. The minimum atomic E-state index is -3.40. The average Bonchev–Trinajstić information content (AvgIpc) is 2.64. The van der Waals surface area contributed by atoms with E-state index in [0.29, 0.717) is 18.5 Å². The van der Waals surface area contributed by atoms with E-state index < -0.39 is 9.84 Å². The topological polar surface area (TPSA) is 69.0 Å². The summed E-state index contributed by atoms with van der Waals surface area (Å²) in [6.07, 6.45) is 1.42. The van der Waals surface area contributed by atoms with Gasteiger partial charge in [-0.15, -0.1) is 0 Å². The van der Waals surface area contributed by atoms with Crippen molar-refractivity contribution in [3.05, 3.63) is 24.3 Å². The van der Waals surface area contributed by atoms with Gasteiger partial charge in [-0.3, -0.25) is 4.79 Å². The number of ketones is 1. The zero-order chi connectivity index (χ0) is 13.3. The van der Waals surface area contributed by atoms with Crippen molar-refractivity contribution in [3.8, 4) is 0 Å². The molecule has 0 aliphatic rings. The predicted octanol–water partition coefficient (Wildman–Crippen LogP) is 1.42. The normalized spacial score (nSPS) is 11.9. The molecular formula is C12H14N2O3S. The van der Waals surface area contributed by atoms with Gasteiger partial charge in [0.1, 0.15) is 5.78 Å². The molecule has 0 atom stereocenters. The van der Waals surface area contributed by atoms with Gasteiger partial charge in [-0.2, -0.15) is 0 Å². The molecule has 1 aromatic heterocycles. The molecule has 0 bridgehead atoms. The van der Waals surface area contributed by atoms with Crippen LogP contribution in [0.5, 0.6) is 0 Å². The Morgan fingerprint density at radius 2 is 2.00 bits per heavy atom. The molecule has 0 N–H and O–H groups in total. The Morgan fingerprint density at radius 1 is 1.33 bits per heavy atom. The lowest BCUT2D eigenvalue weighted by Crippen LogP contribution is -2.11. The van der Waals surface area contributed by atoms with Crippen LogP contribution in [0, 0.1) is 0 Å². The van der Waals surface area contributed by atoms with Gasteiger partial charge in [0, 0.05) is 19.2 Å². The average molecular weight is 266 g/mol. The van der Waals surface area contributed by atoms with Crippen LogP contribution in [0.4, 0.5) is 0 Å². The van der Waals surface area contributed by atoms with Crippen molar-refractivity contribution >= 4 is 26.7 Å². The van der Waals surface area contributed by atoms with Gasteiger partial charge in [0.25, 0.3) is 0 Å². The number of fused-ring (bicyclic) bond motifs is 1. The highest BCUT2D eigenvalue weighted by molar-refractivity contribution is 7.90. The summed E-state index contributed by atoms with van der Waals surface area (Å²) in [4.78, 5) is 15.2. The SMILES string of the molecule is CC(=O)CCn1c(S(C)(=O)=O)nc2ccccc21. The van der Waals surface area contributed by atoms with Gasteiger partial charge in [-0.1, -0.05) is 12.1 Å². The number of carbonyl (C=O) groups is 1. The first kappa shape index (κ1) is 12.8. The van der Waals surface area contributed by atoms with Crippen LogP contribution in [0.1, 0.15) is 13.3 Å². The van der Waals surface area contributed by atoms with E-state index in [4.69, 9.17) is 0 Å². The summed E-state index contributed by atoms with van der Waals surface area (Å²) in [5.41, 5.74) is 1.36. The second kappa shape index (κ2) is 4.53. The summed E-state index contributed by atoms with van der Waals surface area (Å²) < 4.78 is 25.0. The third-order valence-corrected chi connectivity index (χ3v) is 3.61. The van der Waals surface area contributed by atoms with Crippen LogP contribution >= 0.6 is 0 Å². The van der Waals surface area contributed by atoms with Gasteiger partial charge in [-0.05, 0) is 19.1 Å². The first-order valence-corrected chi connectivity index (χ1v) is 7.43. The summed E-state index contributed by atoms with van der Waals surface area (Å²) in [5, 5.41) is 0.0185. The van der Waals surface area contributed by atoms with Crippen molar-refractivity contribution in [1.29, 1.82) is 0 Å². The standard InChI is InChI=1S/C12H14N2O3S/c1-9(15)7-8-14-11-6-4-3-5-10(11)13-12(14)18(2,16)17/h3-6H,7-8H2,1-2H3. The molecule has 0 aliphatic carbocycles. The van der Waals surface area contributed by atoms with Gasteiger partial charge in [0.15, 0.2) is 0 Å². The molecule has 0 radical (unpaired) electrons. The van der Waals surface area contributed by atoms with Crippen LogP contribution in [-0.2, 0) is 21.2 Å². The number of hydrogen-bond donors (Lipinski definition) is 0. The van der Waals surface area contributed by atoms with Crippen molar-refractivity contribution in [1.82, 2.24) is 9.55 Å². The molecular weight excluding hydrogens is 252 g/mol. The lowest BCUT2D eigenvalue weighted by molar-refractivity contribution is -0.117. The van der Waals surface area contributed by atoms with Gasteiger partial charge in [0.05, 0.1) is 11.0 Å². The van der Waals surface area contributed by atoms with E-state index in [1.165, 1.54) is 6.92 Å². The van der Waals surface area contributed by atoms with Crippen LogP contribution < -0.4 is 0 Å². The molecule has 6 heteroatoms. The number of aromatic nitrogens is 2. The molecule has 0 fully saturated rings. The summed E-state index contributed by atoms with van der Waals surface area (Å²) in [6.45, 7) is 1.82. The first-order valence-electron chi connectivity index (χ1n) is 5.54. The Labute approximate surface area is 105 Å². The third-order valence-electron chi connectivity index (χ3n) is 2.64. The fourth-order valence-electron chi connectivity index (χ4n) is 1.82. The van der Waals surface area contributed by atoms with E-state index in [0.717, 1.165) is 11.8 Å². The Morgan fingerprint density at radius 3 is 2.61 bits per heavy atom. The molecule has 0 amide bonds. The van der Waals surface area contributed by atoms with E-state index in [2.05, 4.69) is 4.98 Å². The predicted molar refractivity (Wildman–Crippen MR) is 68.1 cm³/mol. The van der Waals surface area contributed by atoms with E-state index in [1.807, 2.05) is 6.07 Å². The van der Waals surface area contributed by atoms with E-state index >= 15 is 0 Å². The maximum absolute atomic E-state index is 11.7. The van der Waals surface area contributed by atoms with Gasteiger partial charge < -0.3 is 4.57 Å². The zero-order valence-electron chi connectivity index (χ0n) is 10.3. The van der Waals surface area contributed by atoms with Gasteiger partial charge >= 0.3 is 0 Å². The number of Topliss-reactive ketones (excluding diaryl/α,β-unsaturated/α-hetero) is 1. The van der Waals surface area contributed by atoms with Crippen LogP contribution in [0.2, 0.25) is 0 Å². The molecule has 0 spiro atoms. The highest BCUT2D eigenvalue weighted by Crippen LogP contribution is 2.19. The first-order chi connectivity index (χ1) is 8.39. The maximum atomic E-state index is 11.7. The second-order valence-electron chi connectivity index (χ2n) is 4.26. The molecule has 1 heterocycles. The fourth-order valence-corrected chi connectivity index (χ4v) is 2.68. The summed E-state index contributed by atoms with van der Waals surface area (Å²) >= 11 is 0. The van der Waals surface area contributed by atoms with Crippen LogP contribution in [0.3, 0.4) is 0 Å². The minimum absolute atomic E-state index is 0.0185. The lowest BCUT2D eigenvalue weighted by Gasteiger charge is -2.06. The number of sulfone groups is 1. The molecule has 2 aromatic rings. The van der Waals surface area contributed by atoms with Crippen molar-refractivity contribution in [2.45, 2.75) is 25.0 Å². The van der Waals surface area contributed by atoms with Crippen LogP contribution in [0.15, 0.2) is 29.4 Å². The molecule has 0 saturated heterocycles.